The number of hydrogen-bond acceptors (Lipinski definition) is 5. The number of nitrogens with zero attached hydrogens (tertiary/aromatic N) is 1. The molecule has 0 bridgehead atoms. The molecule has 1 aliphatic rings. The van der Waals surface area contributed by atoms with E-state index in [2.05, 4.69) is 12.2 Å². The summed E-state index contributed by atoms with van der Waals surface area (Å²) in [5, 5.41) is 3.09. The molecule has 2 amide bonds. The van der Waals surface area contributed by atoms with Crippen molar-refractivity contribution in [2.75, 3.05) is 19.9 Å². The van der Waals surface area contributed by atoms with Crippen molar-refractivity contribution in [1.82, 2.24) is 10.2 Å². The number of carbonyl (C=O) groups excluding carboxylic acids is 2. The van der Waals surface area contributed by atoms with Crippen molar-refractivity contribution < 1.29 is 22.7 Å². The van der Waals surface area contributed by atoms with Crippen LogP contribution >= 0.6 is 0 Å². The van der Waals surface area contributed by atoms with Gasteiger partial charge in [0.2, 0.25) is 11.8 Å². The first-order valence-electron chi connectivity index (χ1n) is 11.7. The topological polar surface area (TPSA) is 92.8 Å². The molecule has 1 heterocycles. The maximum Gasteiger partial charge on any atom is 0.226 e. The summed E-state index contributed by atoms with van der Waals surface area (Å²) in [6.45, 7) is 4.53. The smallest absolute Gasteiger partial charge is 0.226 e. The van der Waals surface area contributed by atoms with E-state index in [1.165, 1.54) is 6.26 Å². The van der Waals surface area contributed by atoms with Gasteiger partial charge < -0.3 is 15.0 Å². The number of carbonyl (C=O) groups is 2. The Balaban J connectivity index is 1.88. The molecule has 0 aliphatic carbocycles. The predicted octanol–water partition coefficient (Wildman–Crippen LogP) is 4.06. The molecule has 7 nitrogen and oxygen atoms in total. The lowest BCUT2D eigenvalue weighted by atomic mass is 9.82. The monoisotopic (exact) mass is 486 g/mol. The highest BCUT2D eigenvalue weighted by Crippen LogP contribution is 2.41. The van der Waals surface area contributed by atoms with Gasteiger partial charge in [0, 0.05) is 24.8 Å². The van der Waals surface area contributed by atoms with Crippen LogP contribution in [0.5, 0.6) is 5.75 Å². The van der Waals surface area contributed by atoms with Gasteiger partial charge in [0.05, 0.1) is 30.0 Å². The fourth-order valence-electron chi connectivity index (χ4n) is 4.52. The largest absolute Gasteiger partial charge is 0.496 e. The lowest BCUT2D eigenvalue weighted by Crippen LogP contribution is -2.48. The second kappa shape index (κ2) is 11.0. The van der Waals surface area contributed by atoms with Gasteiger partial charge in [-0.15, -0.1) is 0 Å². The molecule has 8 heteroatoms. The van der Waals surface area contributed by atoms with E-state index in [9.17, 15) is 18.0 Å². The van der Waals surface area contributed by atoms with Crippen molar-refractivity contribution in [3.63, 3.8) is 0 Å². The van der Waals surface area contributed by atoms with Gasteiger partial charge >= 0.3 is 0 Å². The Morgan fingerprint density at radius 2 is 1.85 bits per heavy atom. The molecule has 0 saturated carbocycles. The molecule has 3 atom stereocenters. The molecule has 2 aromatic carbocycles. The van der Waals surface area contributed by atoms with Gasteiger partial charge in [-0.2, -0.15) is 0 Å². The third-order valence-electron chi connectivity index (χ3n) is 6.42. The van der Waals surface area contributed by atoms with Crippen LogP contribution in [-0.2, 0) is 19.4 Å². The maximum atomic E-state index is 13.5. The molecule has 1 fully saturated rings. The summed E-state index contributed by atoms with van der Waals surface area (Å²) in [7, 11) is -1.69. The number of ether oxygens (including phenoxy) is 1. The lowest BCUT2D eigenvalue weighted by Gasteiger charge is -2.41. The number of piperidine rings is 1. The van der Waals surface area contributed by atoms with Gasteiger partial charge in [-0.25, -0.2) is 8.42 Å². The van der Waals surface area contributed by atoms with Crippen LogP contribution in [0.25, 0.3) is 0 Å². The molecular weight excluding hydrogens is 452 g/mol. The number of methoxy groups -OCH3 is 1. The molecule has 3 unspecified atom stereocenters. The molecule has 184 valence electrons. The zero-order valence-corrected chi connectivity index (χ0v) is 21.1. The van der Waals surface area contributed by atoms with Crippen LogP contribution in [0, 0.1) is 5.92 Å². The van der Waals surface area contributed by atoms with Gasteiger partial charge in [-0.05, 0) is 43.5 Å². The van der Waals surface area contributed by atoms with Crippen LogP contribution in [0.2, 0.25) is 0 Å². The number of likely N-dealkylation sites (tertiary alicyclic amines) is 1. The highest BCUT2D eigenvalue weighted by atomic mass is 32.2. The first-order valence-corrected chi connectivity index (χ1v) is 13.6. The zero-order valence-electron chi connectivity index (χ0n) is 20.3. The zero-order chi connectivity index (χ0) is 24.9. The van der Waals surface area contributed by atoms with E-state index >= 15 is 0 Å². The Kier molecular flexibility index (Phi) is 8.36. The fraction of sp³-hybridized carbons (Fsp3) is 0.462. The van der Waals surface area contributed by atoms with E-state index in [4.69, 9.17) is 4.74 Å². The summed E-state index contributed by atoms with van der Waals surface area (Å²) in [5.74, 6) is 0.150. The van der Waals surface area contributed by atoms with Crippen molar-refractivity contribution in [3.8, 4) is 5.75 Å². The molecule has 2 aromatic rings. The van der Waals surface area contributed by atoms with Crippen molar-refractivity contribution in [1.29, 1.82) is 0 Å². The lowest BCUT2D eigenvalue weighted by molar-refractivity contribution is -0.143. The third-order valence-corrected chi connectivity index (χ3v) is 7.55. The molecule has 1 N–H and O–H groups in total. The standard InChI is InChI=1S/C26H34N2O5S/c1-5-6-17-28-24(29)16-15-22(25(28)21-9-7-8-10-23(21)33-3)26(30)27-18(2)19-11-13-20(14-12-19)34(4,31)32/h7-14,18,22,25H,5-6,15-17H2,1-4H3,(H,27,30). The molecule has 1 aliphatic heterocycles. The maximum absolute atomic E-state index is 13.5. The number of benzene rings is 2. The minimum Gasteiger partial charge on any atom is -0.496 e. The number of para-hydroxylation sites is 1. The second-order valence-electron chi connectivity index (χ2n) is 8.84. The Bertz CT molecular complexity index is 1110. The molecule has 0 aromatic heterocycles. The molecule has 0 radical (unpaired) electrons. The SMILES string of the molecule is CCCCN1C(=O)CCC(C(=O)NC(C)c2ccc(S(C)(=O)=O)cc2)C1c1ccccc1OC. The highest BCUT2D eigenvalue weighted by molar-refractivity contribution is 7.90. The van der Waals surface area contributed by atoms with E-state index in [0.717, 1.165) is 24.0 Å². The molecule has 0 spiro atoms. The van der Waals surface area contributed by atoms with E-state index < -0.39 is 21.8 Å². The average molecular weight is 487 g/mol. The Labute approximate surface area is 202 Å². The number of nitrogens with one attached hydrogen (secondary N) is 1. The van der Waals surface area contributed by atoms with Crippen molar-refractivity contribution in [3.05, 3.63) is 59.7 Å². The van der Waals surface area contributed by atoms with Crippen LogP contribution in [0.15, 0.2) is 53.4 Å². The van der Waals surface area contributed by atoms with Crippen LogP contribution in [0.4, 0.5) is 0 Å². The molecular formula is C26H34N2O5S. The number of amides is 2. The number of unbranched alkanes of at least 4 members (excludes halogenated alkanes) is 1. The normalized spacial score (nSPS) is 19.5. The van der Waals surface area contributed by atoms with Crippen molar-refractivity contribution in [2.24, 2.45) is 5.92 Å². The van der Waals surface area contributed by atoms with Crippen LogP contribution in [0.1, 0.15) is 62.7 Å². The number of sulfone groups is 1. The van der Waals surface area contributed by atoms with E-state index in [1.54, 1.807) is 31.4 Å². The highest BCUT2D eigenvalue weighted by Gasteiger charge is 2.41. The second-order valence-corrected chi connectivity index (χ2v) is 10.9. The van der Waals surface area contributed by atoms with Gasteiger partial charge in [0.1, 0.15) is 5.75 Å². The van der Waals surface area contributed by atoms with Crippen LogP contribution in [0.3, 0.4) is 0 Å². The number of rotatable bonds is 9. The summed E-state index contributed by atoms with van der Waals surface area (Å²) in [6, 6.07) is 13.4. The predicted molar refractivity (Wildman–Crippen MR) is 131 cm³/mol. The van der Waals surface area contributed by atoms with Gasteiger partial charge in [-0.3, -0.25) is 9.59 Å². The van der Waals surface area contributed by atoms with Gasteiger partial charge in [0.15, 0.2) is 9.84 Å². The van der Waals surface area contributed by atoms with E-state index in [-0.39, 0.29) is 22.8 Å². The van der Waals surface area contributed by atoms with Crippen molar-refractivity contribution in [2.45, 2.75) is 56.5 Å². The summed E-state index contributed by atoms with van der Waals surface area (Å²) in [5.41, 5.74) is 1.64. The summed E-state index contributed by atoms with van der Waals surface area (Å²) in [6.07, 6.45) is 3.75. The Morgan fingerprint density at radius 3 is 2.47 bits per heavy atom. The first kappa shape index (κ1) is 25.7. The third kappa shape index (κ3) is 5.78. The van der Waals surface area contributed by atoms with E-state index in [1.807, 2.05) is 36.1 Å². The summed E-state index contributed by atoms with van der Waals surface area (Å²) >= 11 is 0. The fourth-order valence-corrected chi connectivity index (χ4v) is 5.15. The van der Waals surface area contributed by atoms with E-state index in [0.29, 0.717) is 25.1 Å². The Morgan fingerprint density at radius 1 is 1.18 bits per heavy atom. The summed E-state index contributed by atoms with van der Waals surface area (Å²) < 4.78 is 29.1. The molecule has 1 saturated heterocycles. The van der Waals surface area contributed by atoms with Gasteiger partial charge in [-0.1, -0.05) is 43.7 Å². The van der Waals surface area contributed by atoms with Gasteiger partial charge in [0.25, 0.3) is 0 Å². The molecule has 34 heavy (non-hydrogen) atoms. The minimum atomic E-state index is -3.29. The van der Waals surface area contributed by atoms with Crippen molar-refractivity contribution >= 4 is 21.7 Å². The summed E-state index contributed by atoms with van der Waals surface area (Å²) in [4.78, 5) is 28.5. The average Bonchev–Trinajstić information content (AvgIpc) is 2.82. The number of hydrogen-bond donors (Lipinski definition) is 1. The first-order chi connectivity index (χ1) is 16.2. The Hall–Kier alpha value is -2.87. The molecule has 3 rings (SSSR count). The van der Waals surface area contributed by atoms with Crippen LogP contribution in [-0.4, -0.2) is 45.0 Å². The minimum absolute atomic E-state index is 0.0535. The quantitative estimate of drug-likeness (QED) is 0.577. The van der Waals surface area contributed by atoms with Crippen LogP contribution < -0.4 is 10.1 Å².